The van der Waals surface area contributed by atoms with Gasteiger partial charge in [-0.2, -0.15) is 0 Å². The molecule has 1 aliphatic rings. The second-order valence-electron chi connectivity index (χ2n) is 4.43. The monoisotopic (exact) mass is 315 g/mol. The molecule has 1 amide bonds. The molecule has 0 aliphatic heterocycles. The van der Waals surface area contributed by atoms with E-state index in [9.17, 15) is 4.79 Å². The first kappa shape index (κ1) is 12.9. The Hall–Kier alpha value is -0.540. The van der Waals surface area contributed by atoms with Crippen molar-refractivity contribution < 1.29 is 4.79 Å². The van der Waals surface area contributed by atoms with Crippen molar-refractivity contribution in [3.05, 3.63) is 27.7 Å². The molecule has 0 aromatic heterocycles. The van der Waals surface area contributed by atoms with Crippen LogP contribution in [0.15, 0.2) is 22.7 Å². The Morgan fingerprint density at radius 3 is 2.71 bits per heavy atom. The highest BCUT2D eigenvalue weighted by molar-refractivity contribution is 9.10. The summed E-state index contributed by atoms with van der Waals surface area (Å²) in [6, 6.07) is 5.49. The minimum absolute atomic E-state index is 0.118. The summed E-state index contributed by atoms with van der Waals surface area (Å²) < 4.78 is 0.755. The molecule has 2 rings (SSSR count). The van der Waals surface area contributed by atoms with Crippen molar-refractivity contribution in [3.63, 3.8) is 0 Å². The molecule has 1 fully saturated rings. The van der Waals surface area contributed by atoms with Crippen LogP contribution in [-0.2, 0) is 4.79 Å². The Morgan fingerprint density at radius 1 is 1.29 bits per heavy atom. The van der Waals surface area contributed by atoms with Gasteiger partial charge in [-0.05, 0) is 40.9 Å². The molecule has 1 aliphatic carbocycles. The molecular weight excluding hydrogens is 302 g/mol. The number of halogens is 2. The number of hydrogen-bond donors (Lipinski definition) is 1. The SMILES string of the molecule is O=C(Nc1cccc(Cl)c1Br)C1CCCCC1. The lowest BCUT2D eigenvalue weighted by Gasteiger charge is -2.21. The van der Waals surface area contributed by atoms with Crippen molar-refractivity contribution in [2.45, 2.75) is 32.1 Å². The lowest BCUT2D eigenvalue weighted by atomic mass is 9.88. The van der Waals surface area contributed by atoms with E-state index < -0.39 is 0 Å². The normalized spacial score (nSPS) is 16.8. The van der Waals surface area contributed by atoms with Gasteiger partial charge < -0.3 is 5.32 Å². The van der Waals surface area contributed by atoms with Crippen LogP contribution in [0.1, 0.15) is 32.1 Å². The molecule has 0 saturated heterocycles. The zero-order valence-corrected chi connectivity index (χ0v) is 11.9. The summed E-state index contributed by atoms with van der Waals surface area (Å²) in [6.45, 7) is 0. The first-order valence-corrected chi connectivity index (χ1v) is 7.10. The van der Waals surface area contributed by atoms with Gasteiger partial charge >= 0.3 is 0 Å². The molecule has 0 atom stereocenters. The molecule has 0 radical (unpaired) electrons. The fourth-order valence-electron chi connectivity index (χ4n) is 2.20. The van der Waals surface area contributed by atoms with Crippen molar-refractivity contribution in [2.75, 3.05) is 5.32 Å². The summed E-state index contributed by atoms with van der Waals surface area (Å²) in [6.07, 6.45) is 5.59. The summed E-state index contributed by atoms with van der Waals surface area (Å²) in [5.41, 5.74) is 0.757. The van der Waals surface area contributed by atoms with Gasteiger partial charge in [0.15, 0.2) is 0 Å². The van der Waals surface area contributed by atoms with E-state index in [-0.39, 0.29) is 11.8 Å². The molecule has 1 aromatic carbocycles. The van der Waals surface area contributed by atoms with Gasteiger partial charge in [0.1, 0.15) is 0 Å². The van der Waals surface area contributed by atoms with Crippen LogP contribution in [0.2, 0.25) is 5.02 Å². The van der Waals surface area contributed by atoms with Gasteiger partial charge in [0.25, 0.3) is 0 Å². The predicted octanol–water partition coefficient (Wildman–Crippen LogP) is 4.62. The average molecular weight is 317 g/mol. The number of amides is 1. The summed E-state index contributed by atoms with van der Waals surface area (Å²) in [7, 11) is 0. The van der Waals surface area contributed by atoms with Gasteiger partial charge in [-0.25, -0.2) is 0 Å². The van der Waals surface area contributed by atoms with E-state index in [1.807, 2.05) is 12.1 Å². The van der Waals surface area contributed by atoms with Crippen molar-refractivity contribution in [3.8, 4) is 0 Å². The van der Waals surface area contributed by atoms with Crippen molar-refractivity contribution in [2.24, 2.45) is 5.92 Å². The van der Waals surface area contributed by atoms with Crippen LogP contribution < -0.4 is 5.32 Å². The molecule has 0 bridgehead atoms. The Labute approximate surface area is 115 Å². The first-order chi connectivity index (χ1) is 8.18. The fraction of sp³-hybridized carbons (Fsp3) is 0.462. The van der Waals surface area contributed by atoms with Gasteiger partial charge in [0, 0.05) is 5.92 Å². The summed E-state index contributed by atoms with van der Waals surface area (Å²) in [4.78, 5) is 12.1. The third-order valence-corrected chi connectivity index (χ3v) is 4.58. The second kappa shape index (κ2) is 5.87. The largest absolute Gasteiger partial charge is 0.325 e. The van der Waals surface area contributed by atoms with Gasteiger partial charge in [-0.15, -0.1) is 0 Å². The lowest BCUT2D eigenvalue weighted by molar-refractivity contribution is -0.120. The summed E-state index contributed by atoms with van der Waals surface area (Å²) in [5, 5.41) is 3.57. The highest BCUT2D eigenvalue weighted by atomic mass is 79.9. The second-order valence-corrected chi connectivity index (χ2v) is 5.63. The molecule has 0 heterocycles. The Morgan fingerprint density at radius 2 is 2.00 bits per heavy atom. The molecule has 0 unspecified atom stereocenters. The van der Waals surface area contributed by atoms with E-state index in [1.165, 1.54) is 6.42 Å². The van der Waals surface area contributed by atoms with Crippen molar-refractivity contribution in [1.82, 2.24) is 0 Å². The molecule has 1 aromatic rings. The quantitative estimate of drug-likeness (QED) is 0.847. The van der Waals surface area contributed by atoms with E-state index in [0.717, 1.165) is 35.8 Å². The van der Waals surface area contributed by atoms with Gasteiger partial charge in [-0.3, -0.25) is 4.79 Å². The Kier molecular flexibility index (Phi) is 4.46. The minimum atomic E-state index is 0.118. The van der Waals surface area contributed by atoms with E-state index in [2.05, 4.69) is 21.2 Å². The highest BCUT2D eigenvalue weighted by Gasteiger charge is 2.21. The molecule has 92 valence electrons. The summed E-state index contributed by atoms with van der Waals surface area (Å²) in [5.74, 6) is 0.280. The van der Waals surface area contributed by atoms with Crippen molar-refractivity contribution in [1.29, 1.82) is 0 Å². The van der Waals surface area contributed by atoms with E-state index in [1.54, 1.807) is 6.07 Å². The number of hydrogen-bond acceptors (Lipinski definition) is 1. The van der Waals surface area contributed by atoms with Gasteiger partial charge in [0.2, 0.25) is 5.91 Å². The number of rotatable bonds is 2. The smallest absolute Gasteiger partial charge is 0.227 e. The molecule has 1 N–H and O–H groups in total. The van der Waals surface area contributed by atoms with E-state index >= 15 is 0 Å². The number of carbonyl (C=O) groups excluding carboxylic acids is 1. The topological polar surface area (TPSA) is 29.1 Å². The maximum atomic E-state index is 12.1. The van der Waals surface area contributed by atoms with Crippen LogP contribution in [0.25, 0.3) is 0 Å². The summed E-state index contributed by atoms with van der Waals surface area (Å²) >= 11 is 9.37. The zero-order chi connectivity index (χ0) is 12.3. The fourth-order valence-corrected chi connectivity index (χ4v) is 2.74. The molecule has 1 saturated carbocycles. The lowest BCUT2D eigenvalue weighted by Crippen LogP contribution is -2.24. The highest BCUT2D eigenvalue weighted by Crippen LogP contribution is 2.31. The van der Waals surface area contributed by atoms with Crippen LogP contribution in [0.5, 0.6) is 0 Å². The predicted molar refractivity (Wildman–Crippen MR) is 74.4 cm³/mol. The van der Waals surface area contributed by atoms with Gasteiger partial charge in [-0.1, -0.05) is 36.9 Å². The Balaban J connectivity index is 2.04. The third kappa shape index (κ3) is 3.23. The standard InChI is InChI=1S/C13H15BrClNO/c14-12-10(15)7-4-8-11(12)16-13(17)9-5-2-1-3-6-9/h4,7-9H,1-3,5-6H2,(H,16,17). The van der Waals surface area contributed by atoms with Gasteiger partial charge in [0.05, 0.1) is 15.2 Å². The maximum absolute atomic E-state index is 12.1. The molecule has 4 heteroatoms. The van der Waals surface area contributed by atoms with Crippen LogP contribution >= 0.6 is 27.5 Å². The number of carbonyl (C=O) groups is 1. The van der Waals surface area contributed by atoms with Crippen molar-refractivity contribution >= 4 is 39.1 Å². The molecule has 2 nitrogen and oxygen atoms in total. The van der Waals surface area contributed by atoms with Crippen LogP contribution in [0, 0.1) is 5.92 Å². The molecule has 17 heavy (non-hydrogen) atoms. The number of nitrogens with one attached hydrogen (secondary N) is 1. The zero-order valence-electron chi connectivity index (χ0n) is 9.51. The van der Waals surface area contributed by atoms with E-state index in [0.29, 0.717) is 5.02 Å². The third-order valence-electron chi connectivity index (χ3n) is 3.19. The van der Waals surface area contributed by atoms with Crippen LogP contribution in [-0.4, -0.2) is 5.91 Å². The minimum Gasteiger partial charge on any atom is -0.325 e. The van der Waals surface area contributed by atoms with Crippen LogP contribution in [0.4, 0.5) is 5.69 Å². The molecular formula is C13H15BrClNO. The molecule has 0 spiro atoms. The van der Waals surface area contributed by atoms with E-state index in [4.69, 9.17) is 11.6 Å². The number of benzene rings is 1. The van der Waals surface area contributed by atoms with Crippen LogP contribution in [0.3, 0.4) is 0 Å². The first-order valence-electron chi connectivity index (χ1n) is 5.93. The Bertz CT molecular complexity index is 416. The maximum Gasteiger partial charge on any atom is 0.227 e. The average Bonchev–Trinajstić information content (AvgIpc) is 2.36. The number of anilines is 1.